The van der Waals surface area contributed by atoms with Crippen LogP contribution in [0.25, 0.3) is 0 Å². The molecule has 1 aromatic carbocycles. The number of hydrogen-bond acceptors (Lipinski definition) is 4. The molecular weight excluding hydrogens is 336 g/mol. The maximum atomic E-state index is 12.6. The van der Waals surface area contributed by atoms with Gasteiger partial charge in [-0.3, -0.25) is 4.79 Å². The Labute approximate surface area is 162 Å². The van der Waals surface area contributed by atoms with Crippen molar-refractivity contribution in [2.24, 2.45) is 0 Å². The first-order chi connectivity index (χ1) is 13.2. The van der Waals surface area contributed by atoms with Crippen molar-refractivity contribution >= 4 is 11.9 Å². The monoisotopic (exact) mass is 366 g/mol. The van der Waals surface area contributed by atoms with Crippen molar-refractivity contribution in [2.45, 2.75) is 58.4 Å². The zero-order chi connectivity index (χ0) is 19.1. The van der Waals surface area contributed by atoms with Crippen LogP contribution in [-0.2, 0) is 6.42 Å². The lowest BCUT2D eigenvalue weighted by molar-refractivity contribution is 0.0948. The molecular formula is C22H30N4O. The van der Waals surface area contributed by atoms with E-state index in [0.29, 0.717) is 24.2 Å². The van der Waals surface area contributed by atoms with E-state index in [1.54, 1.807) is 6.07 Å². The number of carbonyl (C=O) groups excluding carboxylic acids is 1. The molecule has 1 aromatic heterocycles. The first-order valence-electron chi connectivity index (χ1n) is 10.1. The highest BCUT2D eigenvalue weighted by molar-refractivity contribution is 5.92. The maximum Gasteiger partial charge on any atom is 0.270 e. The van der Waals surface area contributed by atoms with Gasteiger partial charge in [0.2, 0.25) is 5.95 Å². The number of benzene rings is 1. The molecule has 0 aliphatic carbocycles. The number of nitrogens with one attached hydrogen (secondary N) is 1. The quantitative estimate of drug-likeness (QED) is 0.755. The molecule has 3 rings (SSSR count). The van der Waals surface area contributed by atoms with Crippen LogP contribution in [0.4, 0.5) is 5.95 Å². The van der Waals surface area contributed by atoms with Gasteiger partial charge in [-0.15, -0.1) is 0 Å². The van der Waals surface area contributed by atoms with Crippen molar-refractivity contribution in [3.63, 3.8) is 0 Å². The predicted octanol–water partition coefficient (Wildman–Crippen LogP) is 3.92. The molecule has 1 aliphatic heterocycles. The Bertz CT molecular complexity index is 747. The summed E-state index contributed by atoms with van der Waals surface area (Å²) in [6.07, 6.45) is 6.55. The lowest BCUT2D eigenvalue weighted by Crippen LogP contribution is -2.40. The van der Waals surface area contributed by atoms with Crippen molar-refractivity contribution in [1.82, 2.24) is 15.3 Å². The highest BCUT2D eigenvalue weighted by Gasteiger charge is 2.24. The fourth-order valence-corrected chi connectivity index (χ4v) is 3.72. The van der Waals surface area contributed by atoms with Crippen LogP contribution in [0.1, 0.15) is 60.8 Å². The minimum atomic E-state index is -0.111. The Kier molecular flexibility index (Phi) is 6.80. The fraction of sp³-hybridized carbons (Fsp3) is 0.500. The standard InChI is InChI=1S/C22H30N4O/c1-3-19-13-7-8-15-26(19)22-24-17(2)16-20(25-22)21(27)23-14-9-12-18-10-5-4-6-11-18/h4-6,10-11,16,19H,3,7-9,12-15H2,1-2H3,(H,23,27). The molecule has 1 amide bonds. The second kappa shape index (κ2) is 9.49. The Morgan fingerprint density at radius 2 is 2.04 bits per heavy atom. The highest BCUT2D eigenvalue weighted by atomic mass is 16.1. The van der Waals surface area contributed by atoms with E-state index in [-0.39, 0.29) is 5.91 Å². The summed E-state index contributed by atoms with van der Waals surface area (Å²) in [5, 5.41) is 3.00. The number of rotatable bonds is 7. The van der Waals surface area contributed by atoms with E-state index < -0.39 is 0 Å². The van der Waals surface area contributed by atoms with Crippen molar-refractivity contribution in [2.75, 3.05) is 18.0 Å². The number of amides is 1. The van der Waals surface area contributed by atoms with Gasteiger partial charge in [-0.05, 0) is 57.1 Å². The smallest absolute Gasteiger partial charge is 0.270 e. The Balaban J connectivity index is 1.60. The molecule has 0 saturated carbocycles. The SMILES string of the molecule is CCC1CCCCN1c1nc(C)cc(C(=O)NCCCc2ccccc2)n1. The second-order valence-electron chi connectivity index (χ2n) is 7.29. The van der Waals surface area contributed by atoms with Crippen molar-refractivity contribution < 1.29 is 4.79 Å². The van der Waals surface area contributed by atoms with Crippen LogP contribution in [0.15, 0.2) is 36.4 Å². The zero-order valence-corrected chi connectivity index (χ0v) is 16.4. The third kappa shape index (κ3) is 5.28. The lowest BCUT2D eigenvalue weighted by atomic mass is 10.0. The molecule has 1 fully saturated rings. The minimum absolute atomic E-state index is 0.111. The molecule has 2 aromatic rings. The Morgan fingerprint density at radius 1 is 1.22 bits per heavy atom. The van der Waals surface area contributed by atoms with E-state index >= 15 is 0 Å². The predicted molar refractivity (Wildman–Crippen MR) is 109 cm³/mol. The van der Waals surface area contributed by atoms with E-state index in [1.807, 2.05) is 25.1 Å². The van der Waals surface area contributed by atoms with Crippen LogP contribution in [0.2, 0.25) is 0 Å². The molecule has 27 heavy (non-hydrogen) atoms. The summed E-state index contributed by atoms with van der Waals surface area (Å²) in [6.45, 7) is 5.76. The molecule has 1 aliphatic rings. The molecule has 1 N–H and O–H groups in total. The number of carbonyl (C=O) groups is 1. The van der Waals surface area contributed by atoms with Crippen LogP contribution < -0.4 is 10.2 Å². The molecule has 1 unspecified atom stereocenters. The first-order valence-corrected chi connectivity index (χ1v) is 10.1. The van der Waals surface area contributed by atoms with Gasteiger partial charge < -0.3 is 10.2 Å². The van der Waals surface area contributed by atoms with Crippen LogP contribution in [0, 0.1) is 6.92 Å². The summed E-state index contributed by atoms with van der Waals surface area (Å²) in [5.74, 6) is 0.593. The normalized spacial score (nSPS) is 17.0. The number of anilines is 1. The van der Waals surface area contributed by atoms with Gasteiger partial charge in [-0.1, -0.05) is 37.3 Å². The van der Waals surface area contributed by atoms with Gasteiger partial charge in [0.1, 0.15) is 5.69 Å². The van der Waals surface area contributed by atoms with Gasteiger partial charge >= 0.3 is 0 Å². The van der Waals surface area contributed by atoms with E-state index in [9.17, 15) is 4.79 Å². The topological polar surface area (TPSA) is 58.1 Å². The number of piperidine rings is 1. The lowest BCUT2D eigenvalue weighted by Gasteiger charge is -2.35. The number of nitrogens with zero attached hydrogens (tertiary/aromatic N) is 3. The minimum Gasteiger partial charge on any atom is -0.351 e. The van der Waals surface area contributed by atoms with Gasteiger partial charge in [-0.2, -0.15) is 0 Å². The van der Waals surface area contributed by atoms with Crippen molar-refractivity contribution in [1.29, 1.82) is 0 Å². The molecule has 2 heterocycles. The van der Waals surface area contributed by atoms with E-state index in [0.717, 1.165) is 37.9 Å². The fourth-order valence-electron chi connectivity index (χ4n) is 3.72. The zero-order valence-electron chi connectivity index (χ0n) is 16.4. The Morgan fingerprint density at radius 3 is 2.81 bits per heavy atom. The molecule has 1 atom stereocenters. The number of aromatic nitrogens is 2. The average Bonchev–Trinajstić information content (AvgIpc) is 2.71. The largest absolute Gasteiger partial charge is 0.351 e. The van der Waals surface area contributed by atoms with Gasteiger partial charge in [0.15, 0.2) is 0 Å². The summed E-state index contributed by atoms with van der Waals surface area (Å²) >= 11 is 0. The second-order valence-corrected chi connectivity index (χ2v) is 7.29. The highest BCUT2D eigenvalue weighted by Crippen LogP contribution is 2.24. The first kappa shape index (κ1) is 19.3. The Hall–Kier alpha value is -2.43. The molecule has 0 spiro atoms. The molecule has 1 saturated heterocycles. The van der Waals surface area contributed by atoms with Gasteiger partial charge in [0, 0.05) is 24.8 Å². The van der Waals surface area contributed by atoms with Gasteiger partial charge in [0.25, 0.3) is 5.91 Å². The van der Waals surface area contributed by atoms with E-state index in [4.69, 9.17) is 0 Å². The third-order valence-electron chi connectivity index (χ3n) is 5.20. The van der Waals surface area contributed by atoms with Crippen molar-refractivity contribution in [3.05, 3.63) is 53.3 Å². The van der Waals surface area contributed by atoms with Gasteiger partial charge in [-0.25, -0.2) is 9.97 Å². The van der Waals surface area contributed by atoms with E-state index in [2.05, 4.69) is 39.2 Å². The number of aryl methyl sites for hydroxylation is 2. The summed E-state index contributed by atoms with van der Waals surface area (Å²) in [4.78, 5) is 24.1. The molecule has 0 bridgehead atoms. The number of hydrogen-bond donors (Lipinski definition) is 1. The van der Waals surface area contributed by atoms with Crippen LogP contribution >= 0.6 is 0 Å². The van der Waals surface area contributed by atoms with Crippen LogP contribution in [0.5, 0.6) is 0 Å². The molecule has 5 nitrogen and oxygen atoms in total. The summed E-state index contributed by atoms with van der Waals surface area (Å²) in [7, 11) is 0. The van der Waals surface area contributed by atoms with Crippen LogP contribution in [-0.4, -0.2) is 35.0 Å². The summed E-state index contributed by atoms with van der Waals surface area (Å²) < 4.78 is 0. The third-order valence-corrected chi connectivity index (χ3v) is 5.20. The summed E-state index contributed by atoms with van der Waals surface area (Å²) in [6, 6.07) is 12.6. The molecule has 5 heteroatoms. The van der Waals surface area contributed by atoms with Gasteiger partial charge in [0.05, 0.1) is 0 Å². The van der Waals surface area contributed by atoms with E-state index in [1.165, 1.54) is 18.4 Å². The maximum absolute atomic E-state index is 12.6. The molecule has 0 radical (unpaired) electrons. The van der Waals surface area contributed by atoms with Crippen LogP contribution in [0.3, 0.4) is 0 Å². The molecule has 144 valence electrons. The summed E-state index contributed by atoms with van der Waals surface area (Å²) in [5.41, 5.74) is 2.61. The van der Waals surface area contributed by atoms with Crippen molar-refractivity contribution in [3.8, 4) is 0 Å². The average molecular weight is 367 g/mol.